The molecule has 3 aromatic rings. The highest BCUT2D eigenvalue weighted by Gasteiger charge is 2.31. The lowest BCUT2D eigenvalue weighted by atomic mass is 9.87. The van der Waals surface area contributed by atoms with Gasteiger partial charge in [-0.05, 0) is 61.9 Å². The van der Waals surface area contributed by atoms with E-state index in [1.807, 2.05) is 50.2 Å². The molecule has 0 bridgehead atoms. The summed E-state index contributed by atoms with van der Waals surface area (Å²) in [5.74, 6) is -1.21. The van der Waals surface area contributed by atoms with Gasteiger partial charge in [-0.15, -0.1) is 11.3 Å². The van der Waals surface area contributed by atoms with Gasteiger partial charge in [0.1, 0.15) is 0 Å². The predicted octanol–water partition coefficient (Wildman–Crippen LogP) is 8.70. The number of thiophene rings is 1. The van der Waals surface area contributed by atoms with Crippen molar-refractivity contribution in [2.24, 2.45) is 5.92 Å². The molecule has 4 rings (SSSR count). The number of amides is 1. The molecule has 1 aromatic heterocycles. The van der Waals surface area contributed by atoms with Crippen LogP contribution in [0.2, 0.25) is 0 Å². The average Bonchev–Trinajstić information content (AvgIpc) is 3.34. The molecule has 38 heavy (non-hydrogen) atoms. The van der Waals surface area contributed by atoms with Crippen LogP contribution in [0.1, 0.15) is 66.2 Å². The van der Waals surface area contributed by atoms with Crippen LogP contribution in [0.25, 0.3) is 20.5 Å². The van der Waals surface area contributed by atoms with Gasteiger partial charge in [0, 0.05) is 33.4 Å². The van der Waals surface area contributed by atoms with Crippen molar-refractivity contribution < 1.29 is 14.7 Å². The van der Waals surface area contributed by atoms with Crippen LogP contribution >= 0.6 is 11.3 Å². The number of nitrogens with one attached hydrogen (secondary N) is 1. The maximum atomic E-state index is 13.2. The first-order valence-corrected chi connectivity index (χ1v) is 14.4. The maximum absolute atomic E-state index is 13.2. The number of hydrogen-bond donors (Lipinski definition) is 2. The van der Waals surface area contributed by atoms with Crippen molar-refractivity contribution in [3.05, 3.63) is 78.6 Å². The highest BCUT2D eigenvalue weighted by molar-refractivity contribution is 7.22. The number of nitrogens with zero attached hydrogens (tertiary/aromatic N) is 1. The fraction of sp³-hybridized carbons (Fsp3) is 0.375. The fourth-order valence-corrected chi connectivity index (χ4v) is 5.72. The number of aliphatic carboxylic acids is 1. The molecule has 1 heterocycles. The third-order valence-electron chi connectivity index (χ3n) is 6.52. The average molecular weight is 533 g/mol. The van der Waals surface area contributed by atoms with Gasteiger partial charge in [-0.2, -0.15) is 0 Å². The summed E-state index contributed by atoms with van der Waals surface area (Å²) in [6.07, 6.45) is 7.61. The number of carbonyl (C=O) groups is 2. The van der Waals surface area contributed by atoms with Gasteiger partial charge < -0.3 is 15.3 Å². The zero-order chi connectivity index (χ0) is 27.7. The number of carbonyl (C=O) groups excluding carboxylic acids is 1. The third kappa shape index (κ3) is 7.35. The van der Waals surface area contributed by atoms with E-state index in [4.69, 9.17) is 0 Å². The Morgan fingerprint density at radius 2 is 1.71 bits per heavy atom. The molecule has 1 amide bonds. The molecule has 0 radical (unpaired) electrons. The minimum atomic E-state index is -1.12. The lowest BCUT2D eigenvalue weighted by molar-refractivity contribution is -0.136. The van der Waals surface area contributed by atoms with E-state index in [1.54, 1.807) is 16.2 Å². The molecular formula is C32H40N2O3S. The summed E-state index contributed by atoms with van der Waals surface area (Å²) in [6, 6.07) is 18.2. The molecule has 1 saturated carbocycles. The number of anilines is 1. The Kier molecular flexibility index (Phi) is 10.7. The van der Waals surface area contributed by atoms with Crippen LogP contribution < -0.4 is 5.32 Å². The quantitative estimate of drug-likeness (QED) is 0.225. The van der Waals surface area contributed by atoms with Gasteiger partial charge in [-0.1, -0.05) is 76.4 Å². The molecule has 0 atom stereocenters. The van der Waals surface area contributed by atoms with Crippen LogP contribution in [0, 0.1) is 5.92 Å². The molecule has 5 nitrogen and oxygen atoms in total. The Morgan fingerprint density at radius 1 is 1.08 bits per heavy atom. The minimum Gasteiger partial charge on any atom is -0.478 e. The zero-order valence-corrected chi connectivity index (χ0v) is 23.8. The Balaban J connectivity index is 0.00000127. The molecule has 2 aromatic carbocycles. The van der Waals surface area contributed by atoms with Crippen LogP contribution in [0.4, 0.5) is 5.69 Å². The summed E-state index contributed by atoms with van der Waals surface area (Å²) < 4.78 is 1.25. The highest BCUT2D eigenvalue weighted by atomic mass is 32.1. The molecule has 0 aliphatic heterocycles. The van der Waals surface area contributed by atoms with Crippen LogP contribution in [0.5, 0.6) is 0 Å². The Labute approximate surface area is 230 Å². The largest absolute Gasteiger partial charge is 0.478 e. The number of hydrogen-bond acceptors (Lipinski definition) is 4. The van der Waals surface area contributed by atoms with E-state index in [-0.39, 0.29) is 29.1 Å². The van der Waals surface area contributed by atoms with E-state index in [1.165, 1.54) is 27.6 Å². The van der Waals surface area contributed by atoms with Gasteiger partial charge in [0.15, 0.2) is 0 Å². The van der Waals surface area contributed by atoms with Crippen LogP contribution in [0.15, 0.2) is 78.6 Å². The Morgan fingerprint density at radius 3 is 2.29 bits per heavy atom. The van der Waals surface area contributed by atoms with Crippen molar-refractivity contribution in [2.75, 3.05) is 5.32 Å². The first-order chi connectivity index (χ1) is 18.3. The monoisotopic (exact) mass is 532 g/mol. The molecule has 1 aliphatic rings. The summed E-state index contributed by atoms with van der Waals surface area (Å²) in [7, 11) is 0. The van der Waals surface area contributed by atoms with Crippen molar-refractivity contribution >= 4 is 39.0 Å². The van der Waals surface area contributed by atoms with Crippen molar-refractivity contribution in [2.45, 2.75) is 72.3 Å². The molecule has 1 aliphatic carbocycles. The first-order valence-electron chi connectivity index (χ1n) is 13.6. The number of carboxylic acids is 1. The maximum Gasteiger partial charge on any atom is 0.339 e. The summed E-state index contributed by atoms with van der Waals surface area (Å²) in [5.41, 5.74) is 2.07. The van der Waals surface area contributed by atoms with E-state index >= 15 is 0 Å². The summed E-state index contributed by atoms with van der Waals surface area (Å²) in [5, 5.41) is 14.2. The molecule has 0 spiro atoms. The van der Waals surface area contributed by atoms with E-state index in [9.17, 15) is 14.7 Å². The summed E-state index contributed by atoms with van der Waals surface area (Å²) >= 11 is 1.74. The molecule has 0 unspecified atom stereocenters. The van der Waals surface area contributed by atoms with Crippen molar-refractivity contribution in [3.63, 3.8) is 0 Å². The minimum absolute atomic E-state index is 0.0172. The molecule has 2 N–H and O–H groups in total. The number of fused-ring (bicyclic) bond motifs is 1. The Hall–Kier alpha value is -3.38. The standard InChI is InChI=1S/C29H32N2O3S.C3H8/c1-19(2)31(28(32)22-9-5-4-6-10-22)20(3)25(29(33)34)18-30-24-15-13-21(14-16-24)27-17-23-11-7-8-12-26(23)35-27;1-3-2/h7-8,11-19,22,30H,3-6,9-10H2,1-2H3,(H,33,34);3H2,1-2H3/b25-18+;. The SMILES string of the molecule is C=C(/C(=C\Nc1ccc(-c2cc3ccccc3s2)cc1)C(=O)O)N(C(=O)C1CCCCC1)C(C)C.CCC. The van der Waals surface area contributed by atoms with E-state index in [2.05, 4.69) is 43.9 Å². The molecule has 202 valence electrons. The van der Waals surface area contributed by atoms with Gasteiger partial charge >= 0.3 is 5.97 Å². The zero-order valence-electron chi connectivity index (χ0n) is 23.0. The van der Waals surface area contributed by atoms with Crippen LogP contribution in [-0.2, 0) is 9.59 Å². The second-order valence-corrected chi connectivity index (χ2v) is 11.1. The molecule has 1 fully saturated rings. The molecular weight excluding hydrogens is 492 g/mol. The predicted molar refractivity (Wildman–Crippen MR) is 160 cm³/mol. The molecule has 6 heteroatoms. The van der Waals surface area contributed by atoms with E-state index in [0.717, 1.165) is 43.4 Å². The number of carboxylic acid groups (broad SMARTS) is 1. The molecule has 0 saturated heterocycles. The van der Waals surface area contributed by atoms with Gasteiger partial charge in [0.05, 0.1) is 11.3 Å². The van der Waals surface area contributed by atoms with Crippen molar-refractivity contribution in [1.29, 1.82) is 0 Å². The second kappa shape index (κ2) is 14.0. The first kappa shape index (κ1) is 29.2. The summed E-state index contributed by atoms with van der Waals surface area (Å²) in [6.45, 7) is 12.1. The fourth-order valence-electron chi connectivity index (χ4n) is 4.65. The second-order valence-electron chi connectivity index (χ2n) is 10.0. The lowest BCUT2D eigenvalue weighted by Crippen LogP contribution is -2.41. The topological polar surface area (TPSA) is 69.6 Å². The van der Waals surface area contributed by atoms with Crippen molar-refractivity contribution in [3.8, 4) is 10.4 Å². The van der Waals surface area contributed by atoms with E-state index < -0.39 is 5.97 Å². The lowest BCUT2D eigenvalue weighted by Gasteiger charge is -2.33. The van der Waals surface area contributed by atoms with Gasteiger partial charge in [-0.25, -0.2) is 4.79 Å². The number of rotatable bonds is 8. The van der Waals surface area contributed by atoms with E-state index in [0.29, 0.717) is 0 Å². The van der Waals surface area contributed by atoms with Crippen molar-refractivity contribution in [1.82, 2.24) is 4.90 Å². The van der Waals surface area contributed by atoms with Gasteiger partial charge in [0.25, 0.3) is 0 Å². The highest BCUT2D eigenvalue weighted by Crippen LogP contribution is 2.34. The van der Waals surface area contributed by atoms with Gasteiger partial charge in [-0.3, -0.25) is 4.79 Å². The summed E-state index contributed by atoms with van der Waals surface area (Å²) in [4.78, 5) is 28.1. The van der Waals surface area contributed by atoms with Crippen LogP contribution in [0.3, 0.4) is 0 Å². The van der Waals surface area contributed by atoms with Crippen LogP contribution in [-0.4, -0.2) is 27.9 Å². The van der Waals surface area contributed by atoms with Gasteiger partial charge in [0.2, 0.25) is 5.91 Å². The normalized spacial score (nSPS) is 14.1. The smallest absolute Gasteiger partial charge is 0.339 e. The number of benzene rings is 2. The third-order valence-corrected chi connectivity index (χ3v) is 7.68. The Bertz CT molecular complexity index is 1230.